The smallest absolute Gasteiger partial charge is 0.191 e. The summed E-state index contributed by atoms with van der Waals surface area (Å²) >= 11 is 12.6. The summed E-state index contributed by atoms with van der Waals surface area (Å²) in [6, 6.07) is 13.2. The van der Waals surface area contributed by atoms with Crippen LogP contribution in [0.3, 0.4) is 0 Å². The predicted octanol–water partition coefficient (Wildman–Crippen LogP) is 4.45. The Morgan fingerprint density at radius 1 is 1.00 bits per heavy atom. The molecule has 0 saturated carbocycles. The Kier molecular flexibility index (Phi) is 4.42. The molecule has 0 atom stereocenters. The second-order valence-electron chi connectivity index (χ2n) is 5.18. The molecule has 24 heavy (non-hydrogen) atoms. The van der Waals surface area contributed by atoms with Crippen LogP contribution in [0, 0.1) is 0 Å². The lowest BCUT2D eigenvalue weighted by atomic mass is 10.0. The zero-order valence-corrected chi connectivity index (χ0v) is 14.1. The van der Waals surface area contributed by atoms with E-state index in [1.807, 2.05) is 42.5 Å². The van der Waals surface area contributed by atoms with E-state index < -0.39 is 0 Å². The summed E-state index contributed by atoms with van der Waals surface area (Å²) in [4.78, 5) is 8.46. The molecule has 1 heterocycles. The third kappa shape index (κ3) is 3.07. The van der Waals surface area contributed by atoms with E-state index in [2.05, 4.69) is 16.6 Å². The molecule has 3 rings (SSSR count). The van der Waals surface area contributed by atoms with E-state index in [-0.39, 0.29) is 5.96 Å². The fourth-order valence-corrected chi connectivity index (χ4v) is 2.92. The van der Waals surface area contributed by atoms with E-state index >= 15 is 0 Å². The number of fused-ring (bicyclic) bond motifs is 1. The number of halogens is 2. The van der Waals surface area contributed by atoms with Crippen molar-refractivity contribution in [2.75, 3.05) is 0 Å². The molecule has 0 fully saturated rings. The summed E-state index contributed by atoms with van der Waals surface area (Å²) < 4.78 is 0. The van der Waals surface area contributed by atoms with Crippen LogP contribution in [-0.2, 0) is 0 Å². The molecule has 3 aromatic rings. The van der Waals surface area contributed by atoms with Gasteiger partial charge < -0.3 is 11.5 Å². The minimum absolute atomic E-state index is 0.0457. The van der Waals surface area contributed by atoms with E-state index in [0.29, 0.717) is 15.7 Å². The largest absolute Gasteiger partial charge is 0.370 e. The number of guanidine groups is 1. The summed E-state index contributed by atoms with van der Waals surface area (Å²) in [5, 5.41) is 2.88. The minimum Gasteiger partial charge on any atom is -0.370 e. The quantitative estimate of drug-likeness (QED) is 0.537. The summed E-state index contributed by atoms with van der Waals surface area (Å²) in [6.07, 6.45) is 1.62. The maximum absolute atomic E-state index is 6.32. The Labute approximate surface area is 149 Å². The highest BCUT2D eigenvalue weighted by Gasteiger charge is 2.12. The van der Waals surface area contributed by atoms with Gasteiger partial charge in [-0.1, -0.05) is 60.1 Å². The molecule has 0 saturated heterocycles. The van der Waals surface area contributed by atoms with Gasteiger partial charge in [0.25, 0.3) is 0 Å². The number of nitrogens with zero attached hydrogens (tertiary/aromatic N) is 2. The Morgan fingerprint density at radius 2 is 1.75 bits per heavy atom. The van der Waals surface area contributed by atoms with Crippen molar-refractivity contribution in [1.29, 1.82) is 0 Å². The van der Waals surface area contributed by atoms with Crippen LogP contribution in [0.1, 0.15) is 5.56 Å². The van der Waals surface area contributed by atoms with Gasteiger partial charge >= 0.3 is 0 Å². The molecule has 120 valence electrons. The number of pyridine rings is 1. The Bertz CT molecular complexity index is 976. The summed E-state index contributed by atoms with van der Waals surface area (Å²) in [5.41, 5.74) is 13.6. The number of rotatable bonds is 3. The van der Waals surface area contributed by atoms with Crippen molar-refractivity contribution in [3.8, 4) is 11.3 Å². The molecule has 1 aromatic heterocycles. The van der Waals surface area contributed by atoms with E-state index in [0.717, 1.165) is 27.6 Å². The Morgan fingerprint density at radius 3 is 2.46 bits per heavy atom. The van der Waals surface area contributed by atoms with Gasteiger partial charge in [-0.15, -0.1) is 0 Å². The highest BCUT2D eigenvalue weighted by molar-refractivity contribution is 6.36. The highest BCUT2D eigenvalue weighted by atomic mass is 35.5. The lowest BCUT2D eigenvalue weighted by Crippen LogP contribution is -2.22. The van der Waals surface area contributed by atoms with Crippen molar-refractivity contribution in [3.05, 3.63) is 70.8 Å². The summed E-state index contributed by atoms with van der Waals surface area (Å²) in [5.74, 6) is -0.0457. The third-order valence-corrected chi connectivity index (χ3v) is 4.20. The van der Waals surface area contributed by atoms with Gasteiger partial charge in [-0.05, 0) is 12.1 Å². The average molecular weight is 357 g/mol. The molecular weight excluding hydrogens is 343 g/mol. The standard InChI is InChI=1S/C18H14Cl2N4/c1-10(24-18(21)22)11-6-7-12-14(8-11)17(23-9-16(12)20)13-4-2-3-5-15(13)19/h2-9H,1H2,(H4,21,22,24). The maximum Gasteiger partial charge on any atom is 0.191 e. The molecule has 4 nitrogen and oxygen atoms in total. The summed E-state index contributed by atoms with van der Waals surface area (Å²) in [6.45, 7) is 3.89. The molecule has 0 unspecified atom stereocenters. The molecule has 0 bridgehead atoms. The second kappa shape index (κ2) is 6.51. The maximum atomic E-state index is 6.32. The highest BCUT2D eigenvalue weighted by Crippen LogP contribution is 2.35. The van der Waals surface area contributed by atoms with Crippen LogP contribution in [0.4, 0.5) is 0 Å². The first-order chi connectivity index (χ1) is 11.5. The molecule has 4 N–H and O–H groups in total. The van der Waals surface area contributed by atoms with Crippen LogP contribution < -0.4 is 11.5 Å². The van der Waals surface area contributed by atoms with Crippen molar-refractivity contribution < 1.29 is 0 Å². The molecule has 0 amide bonds. The van der Waals surface area contributed by atoms with E-state index in [1.54, 1.807) is 6.20 Å². The number of aliphatic imine (C=N–C) groups is 1. The number of hydrogen-bond acceptors (Lipinski definition) is 2. The minimum atomic E-state index is -0.0457. The fraction of sp³-hybridized carbons (Fsp3) is 0. The molecule has 0 aliphatic rings. The van der Waals surface area contributed by atoms with Crippen molar-refractivity contribution in [2.45, 2.75) is 0 Å². The van der Waals surface area contributed by atoms with Gasteiger partial charge in [0.2, 0.25) is 0 Å². The number of hydrogen-bond donors (Lipinski definition) is 2. The molecule has 0 spiro atoms. The lowest BCUT2D eigenvalue weighted by Gasteiger charge is -2.11. The second-order valence-corrected chi connectivity index (χ2v) is 5.99. The normalized spacial score (nSPS) is 10.6. The molecular formula is C18H14Cl2N4. The van der Waals surface area contributed by atoms with Crippen molar-refractivity contribution >= 4 is 45.6 Å². The zero-order valence-electron chi connectivity index (χ0n) is 12.6. The first-order valence-corrected chi connectivity index (χ1v) is 7.85. The van der Waals surface area contributed by atoms with Crippen LogP contribution in [-0.4, -0.2) is 10.9 Å². The van der Waals surface area contributed by atoms with Gasteiger partial charge in [0.05, 0.1) is 16.4 Å². The number of aromatic nitrogens is 1. The SMILES string of the molecule is C=C(N=C(N)N)c1ccc2c(Cl)cnc(-c3ccccc3Cl)c2c1. The predicted molar refractivity (Wildman–Crippen MR) is 102 cm³/mol. The zero-order chi connectivity index (χ0) is 17.3. The van der Waals surface area contributed by atoms with Gasteiger partial charge in [0.15, 0.2) is 5.96 Å². The van der Waals surface area contributed by atoms with Crippen molar-refractivity contribution in [3.63, 3.8) is 0 Å². The van der Waals surface area contributed by atoms with Crippen LogP contribution in [0.5, 0.6) is 0 Å². The third-order valence-electron chi connectivity index (χ3n) is 3.57. The van der Waals surface area contributed by atoms with Crippen molar-refractivity contribution in [1.82, 2.24) is 4.98 Å². The molecule has 6 heteroatoms. The first kappa shape index (κ1) is 16.3. The van der Waals surface area contributed by atoms with Gasteiger partial charge in [-0.25, -0.2) is 4.99 Å². The van der Waals surface area contributed by atoms with E-state index in [9.17, 15) is 0 Å². The van der Waals surface area contributed by atoms with E-state index in [1.165, 1.54) is 0 Å². The Hall–Kier alpha value is -2.56. The topological polar surface area (TPSA) is 77.3 Å². The van der Waals surface area contributed by atoms with Crippen LogP contribution in [0.25, 0.3) is 27.7 Å². The molecule has 0 aliphatic carbocycles. The first-order valence-electron chi connectivity index (χ1n) is 7.09. The molecule has 0 aliphatic heterocycles. The van der Waals surface area contributed by atoms with Gasteiger partial charge in [0.1, 0.15) is 0 Å². The van der Waals surface area contributed by atoms with Crippen LogP contribution in [0.15, 0.2) is 60.2 Å². The molecule has 0 radical (unpaired) electrons. The number of nitrogens with two attached hydrogens (primary N) is 2. The molecule has 2 aromatic carbocycles. The van der Waals surface area contributed by atoms with Crippen molar-refractivity contribution in [2.24, 2.45) is 16.5 Å². The summed E-state index contributed by atoms with van der Waals surface area (Å²) in [7, 11) is 0. The van der Waals surface area contributed by atoms with Gasteiger partial charge in [-0.3, -0.25) is 4.98 Å². The average Bonchev–Trinajstić information content (AvgIpc) is 2.55. The van der Waals surface area contributed by atoms with Gasteiger partial charge in [0, 0.05) is 33.1 Å². The lowest BCUT2D eigenvalue weighted by molar-refractivity contribution is 1.35. The number of benzene rings is 2. The van der Waals surface area contributed by atoms with Crippen LogP contribution in [0.2, 0.25) is 10.0 Å². The Balaban J connectivity index is 2.27. The van der Waals surface area contributed by atoms with E-state index in [4.69, 9.17) is 34.7 Å². The monoisotopic (exact) mass is 356 g/mol. The van der Waals surface area contributed by atoms with Gasteiger partial charge in [-0.2, -0.15) is 0 Å². The fourth-order valence-electron chi connectivity index (χ4n) is 2.48. The van der Waals surface area contributed by atoms with Crippen LogP contribution >= 0.6 is 23.2 Å².